The topological polar surface area (TPSA) is 140 Å². The third-order valence-electron chi connectivity index (χ3n) is 5.30. The summed E-state index contributed by atoms with van der Waals surface area (Å²) in [4.78, 5) is 46.8. The third-order valence-corrected chi connectivity index (χ3v) is 5.30. The molecular weight excluding hydrogens is 424 g/mol. The maximum absolute atomic E-state index is 12.7. The van der Waals surface area contributed by atoms with Crippen LogP contribution < -0.4 is 16.4 Å². The lowest BCUT2D eigenvalue weighted by molar-refractivity contribution is 0.0938. The molecule has 10 nitrogen and oxygen atoms in total. The molecule has 1 aliphatic rings. The van der Waals surface area contributed by atoms with E-state index in [0.717, 1.165) is 6.42 Å². The first kappa shape index (κ1) is 24.0. The van der Waals surface area contributed by atoms with Gasteiger partial charge in [0.25, 0.3) is 11.8 Å². The fourth-order valence-electron chi connectivity index (χ4n) is 3.48. The van der Waals surface area contributed by atoms with Gasteiger partial charge in [0, 0.05) is 37.8 Å². The quantitative estimate of drug-likeness (QED) is 0.581. The van der Waals surface area contributed by atoms with Crippen molar-refractivity contribution in [1.82, 2.24) is 25.5 Å². The summed E-state index contributed by atoms with van der Waals surface area (Å²) in [6.45, 7) is 6.02. The van der Waals surface area contributed by atoms with E-state index in [2.05, 4.69) is 20.6 Å². The third kappa shape index (κ3) is 6.18. The Balaban J connectivity index is 1.60. The Kier molecular flexibility index (Phi) is 7.81. The number of nitrogen functional groups attached to an aromatic ring is 1. The molecule has 176 valence electrons. The predicted octanol–water partition coefficient (Wildman–Crippen LogP) is 1.93. The van der Waals surface area contributed by atoms with E-state index in [1.54, 1.807) is 29.2 Å². The van der Waals surface area contributed by atoms with Crippen LogP contribution in [0.15, 0.2) is 30.5 Å². The molecular formula is C23H30N6O4. The zero-order chi connectivity index (χ0) is 24.0. The maximum atomic E-state index is 12.7. The highest BCUT2D eigenvalue weighted by Gasteiger charge is 2.27. The Bertz CT molecular complexity index is 1030. The van der Waals surface area contributed by atoms with Crippen LogP contribution in [0.2, 0.25) is 0 Å². The van der Waals surface area contributed by atoms with Crippen molar-refractivity contribution in [2.24, 2.45) is 11.8 Å². The Morgan fingerprint density at radius 2 is 2.06 bits per heavy atom. The van der Waals surface area contributed by atoms with Gasteiger partial charge in [0.1, 0.15) is 0 Å². The van der Waals surface area contributed by atoms with Crippen LogP contribution in [0, 0.1) is 11.8 Å². The van der Waals surface area contributed by atoms with Crippen LogP contribution in [-0.2, 0) is 4.74 Å². The van der Waals surface area contributed by atoms with Crippen molar-refractivity contribution in [2.75, 3.05) is 39.0 Å². The number of hydrogen-bond donors (Lipinski definition) is 3. The van der Waals surface area contributed by atoms with Gasteiger partial charge in [-0.15, -0.1) is 0 Å². The SMILES string of the molecule is CNC(=O)c1nc(-c2cccc(C(=O)NCC3CCN(C(=O)OCC(C)C)C3)c2)cnc1N. The van der Waals surface area contributed by atoms with Crippen LogP contribution in [-0.4, -0.2) is 66.1 Å². The first-order chi connectivity index (χ1) is 15.8. The van der Waals surface area contributed by atoms with Gasteiger partial charge in [-0.05, 0) is 30.4 Å². The van der Waals surface area contributed by atoms with Gasteiger partial charge in [-0.2, -0.15) is 0 Å². The van der Waals surface area contributed by atoms with E-state index in [1.807, 2.05) is 13.8 Å². The minimum Gasteiger partial charge on any atom is -0.449 e. The maximum Gasteiger partial charge on any atom is 0.409 e. The number of amides is 3. The molecule has 4 N–H and O–H groups in total. The molecule has 0 saturated carbocycles. The van der Waals surface area contributed by atoms with Gasteiger partial charge in [0.2, 0.25) is 0 Å². The second kappa shape index (κ2) is 10.8. The van der Waals surface area contributed by atoms with E-state index in [4.69, 9.17) is 10.5 Å². The molecule has 3 rings (SSSR count). The van der Waals surface area contributed by atoms with Crippen LogP contribution in [0.5, 0.6) is 0 Å². The van der Waals surface area contributed by atoms with Crippen LogP contribution in [0.1, 0.15) is 41.1 Å². The zero-order valence-electron chi connectivity index (χ0n) is 19.1. The molecule has 1 aromatic carbocycles. The molecule has 0 spiro atoms. The van der Waals surface area contributed by atoms with Crippen LogP contribution in [0.25, 0.3) is 11.3 Å². The van der Waals surface area contributed by atoms with Crippen molar-refractivity contribution >= 4 is 23.7 Å². The number of aromatic nitrogens is 2. The van der Waals surface area contributed by atoms with E-state index in [0.29, 0.717) is 43.1 Å². The van der Waals surface area contributed by atoms with Gasteiger partial charge >= 0.3 is 6.09 Å². The van der Waals surface area contributed by atoms with Gasteiger partial charge in [-0.25, -0.2) is 14.8 Å². The van der Waals surface area contributed by atoms with E-state index in [1.165, 1.54) is 13.2 Å². The van der Waals surface area contributed by atoms with E-state index in [9.17, 15) is 14.4 Å². The molecule has 0 radical (unpaired) electrons. The second-order valence-corrected chi connectivity index (χ2v) is 8.43. The number of rotatable bonds is 7. The average molecular weight is 455 g/mol. The van der Waals surface area contributed by atoms with E-state index >= 15 is 0 Å². The lowest BCUT2D eigenvalue weighted by Crippen LogP contribution is -2.33. The summed E-state index contributed by atoms with van der Waals surface area (Å²) in [7, 11) is 1.49. The Morgan fingerprint density at radius 1 is 1.27 bits per heavy atom. The monoisotopic (exact) mass is 454 g/mol. The number of carbonyl (C=O) groups excluding carboxylic acids is 3. The van der Waals surface area contributed by atoms with Crippen molar-refractivity contribution in [1.29, 1.82) is 0 Å². The average Bonchev–Trinajstić information content (AvgIpc) is 3.30. The van der Waals surface area contributed by atoms with Crippen LogP contribution in [0.3, 0.4) is 0 Å². The molecule has 1 fully saturated rings. The molecule has 1 aromatic heterocycles. The number of likely N-dealkylation sites (tertiary alicyclic amines) is 1. The summed E-state index contributed by atoms with van der Waals surface area (Å²) in [5.41, 5.74) is 7.31. The molecule has 0 aliphatic carbocycles. The van der Waals surface area contributed by atoms with Crippen molar-refractivity contribution in [2.45, 2.75) is 20.3 Å². The number of hydrogen-bond acceptors (Lipinski definition) is 7. The number of carbonyl (C=O) groups is 3. The van der Waals surface area contributed by atoms with Gasteiger partial charge in [-0.3, -0.25) is 9.59 Å². The zero-order valence-corrected chi connectivity index (χ0v) is 19.1. The Labute approximate surface area is 192 Å². The highest BCUT2D eigenvalue weighted by atomic mass is 16.6. The first-order valence-electron chi connectivity index (χ1n) is 10.9. The number of anilines is 1. The second-order valence-electron chi connectivity index (χ2n) is 8.43. The molecule has 1 unspecified atom stereocenters. The molecule has 10 heteroatoms. The van der Waals surface area contributed by atoms with E-state index < -0.39 is 5.91 Å². The molecule has 3 amide bonds. The summed E-state index contributed by atoms with van der Waals surface area (Å²) in [6.07, 6.45) is 1.97. The predicted molar refractivity (Wildman–Crippen MR) is 123 cm³/mol. The summed E-state index contributed by atoms with van der Waals surface area (Å²) in [5, 5.41) is 5.42. The van der Waals surface area contributed by atoms with Gasteiger partial charge < -0.3 is 26.0 Å². The minimum absolute atomic E-state index is 0.0302. The smallest absolute Gasteiger partial charge is 0.409 e. The van der Waals surface area contributed by atoms with Gasteiger partial charge in [-0.1, -0.05) is 26.0 Å². The molecule has 2 aromatic rings. The lowest BCUT2D eigenvalue weighted by Gasteiger charge is -2.17. The first-order valence-corrected chi connectivity index (χ1v) is 10.9. The number of nitrogens with two attached hydrogens (primary N) is 1. The molecule has 2 heterocycles. The molecule has 33 heavy (non-hydrogen) atoms. The van der Waals surface area contributed by atoms with Crippen molar-refractivity contribution in [3.05, 3.63) is 41.7 Å². The van der Waals surface area contributed by atoms with E-state index in [-0.39, 0.29) is 35.3 Å². The molecule has 1 atom stereocenters. The fraction of sp³-hybridized carbons (Fsp3) is 0.435. The largest absolute Gasteiger partial charge is 0.449 e. The number of nitrogens with one attached hydrogen (secondary N) is 2. The van der Waals surface area contributed by atoms with Gasteiger partial charge in [0.15, 0.2) is 11.5 Å². The highest BCUT2D eigenvalue weighted by Crippen LogP contribution is 2.21. The Hall–Kier alpha value is -3.69. The minimum atomic E-state index is -0.436. The molecule has 1 aliphatic heterocycles. The van der Waals surface area contributed by atoms with Crippen molar-refractivity contribution in [3.63, 3.8) is 0 Å². The Morgan fingerprint density at radius 3 is 2.79 bits per heavy atom. The standard InChI is InChI=1S/C23H30N6O4/c1-14(2)13-33-23(32)29-8-7-15(12-29)10-27-21(30)17-6-4-5-16(9-17)18-11-26-20(24)19(28-18)22(31)25-3/h4-6,9,11,14-15H,7-8,10,12-13H2,1-3H3,(H2,24,26)(H,25,31)(H,27,30). The summed E-state index contributed by atoms with van der Waals surface area (Å²) in [6, 6.07) is 6.91. The number of ether oxygens (including phenoxy) is 1. The summed E-state index contributed by atoms with van der Waals surface area (Å²) >= 11 is 0. The number of nitrogens with zero attached hydrogens (tertiary/aromatic N) is 3. The highest BCUT2D eigenvalue weighted by molar-refractivity contribution is 5.97. The molecule has 0 bridgehead atoms. The van der Waals surface area contributed by atoms with Gasteiger partial charge in [0.05, 0.1) is 18.5 Å². The fourth-order valence-corrected chi connectivity index (χ4v) is 3.48. The number of benzene rings is 1. The summed E-state index contributed by atoms with van der Waals surface area (Å²) in [5.74, 6) is -0.174. The lowest BCUT2D eigenvalue weighted by atomic mass is 10.1. The normalized spacial score (nSPS) is 15.4. The van der Waals surface area contributed by atoms with Crippen LogP contribution >= 0.6 is 0 Å². The summed E-state index contributed by atoms with van der Waals surface area (Å²) < 4.78 is 5.28. The van der Waals surface area contributed by atoms with Crippen LogP contribution in [0.4, 0.5) is 10.6 Å². The van der Waals surface area contributed by atoms with Crippen molar-refractivity contribution in [3.8, 4) is 11.3 Å². The molecule has 1 saturated heterocycles. The van der Waals surface area contributed by atoms with Crippen molar-refractivity contribution < 1.29 is 19.1 Å².